The number of halogens is 3. The molecule has 0 N–H and O–H groups in total. The molecule has 2 aromatic carbocycles. The van der Waals surface area contributed by atoms with Gasteiger partial charge in [-0.2, -0.15) is 0 Å². The predicted molar refractivity (Wildman–Crippen MR) is 82.4 cm³/mol. The molecule has 2 aromatic rings. The molecule has 0 aliphatic carbocycles. The van der Waals surface area contributed by atoms with Crippen LogP contribution in [-0.4, -0.2) is 0 Å². The van der Waals surface area contributed by atoms with Crippen LogP contribution in [0.2, 0.25) is 0 Å². The van der Waals surface area contributed by atoms with Crippen LogP contribution in [0.25, 0.3) is 0 Å². The Hall–Kier alpha value is -0.860. The van der Waals surface area contributed by atoms with E-state index in [1.807, 2.05) is 20.8 Å². The highest BCUT2D eigenvalue weighted by Crippen LogP contribution is 2.36. The summed E-state index contributed by atoms with van der Waals surface area (Å²) in [5, 5.41) is -0.474. The van der Waals surface area contributed by atoms with Crippen LogP contribution in [0.3, 0.4) is 0 Å². The van der Waals surface area contributed by atoms with E-state index in [0.29, 0.717) is 5.56 Å². The first-order valence-electron chi connectivity index (χ1n) is 6.07. The molecule has 0 fully saturated rings. The van der Waals surface area contributed by atoms with Gasteiger partial charge in [-0.25, -0.2) is 4.39 Å². The second-order valence-corrected chi connectivity index (χ2v) is 6.19. The van der Waals surface area contributed by atoms with Crippen LogP contribution in [0.1, 0.15) is 33.2 Å². The van der Waals surface area contributed by atoms with Gasteiger partial charge in [-0.05, 0) is 55.7 Å². The zero-order valence-corrected chi connectivity index (χ0v) is 13.4. The number of rotatable bonds is 2. The fraction of sp³-hybridized carbons (Fsp3) is 0.250. The van der Waals surface area contributed by atoms with Crippen LogP contribution in [-0.2, 0) is 0 Å². The molecule has 19 heavy (non-hydrogen) atoms. The second-order valence-electron chi connectivity index (χ2n) is 4.84. The van der Waals surface area contributed by atoms with E-state index in [2.05, 4.69) is 28.1 Å². The summed E-state index contributed by atoms with van der Waals surface area (Å²) in [4.78, 5) is 0. The molecule has 0 spiro atoms. The quantitative estimate of drug-likeness (QED) is 0.602. The van der Waals surface area contributed by atoms with Crippen molar-refractivity contribution >= 4 is 27.5 Å². The van der Waals surface area contributed by atoms with Gasteiger partial charge in [-0.1, -0.05) is 33.6 Å². The summed E-state index contributed by atoms with van der Waals surface area (Å²) in [7, 11) is 0. The van der Waals surface area contributed by atoms with Crippen molar-refractivity contribution in [2.45, 2.75) is 26.1 Å². The Morgan fingerprint density at radius 1 is 1.05 bits per heavy atom. The van der Waals surface area contributed by atoms with Gasteiger partial charge in [0.1, 0.15) is 5.82 Å². The average Bonchev–Trinajstić information content (AvgIpc) is 2.30. The maximum absolute atomic E-state index is 13.9. The lowest BCUT2D eigenvalue weighted by molar-refractivity contribution is 0.611. The summed E-state index contributed by atoms with van der Waals surface area (Å²) >= 11 is 9.87. The molecule has 0 radical (unpaired) electrons. The summed E-state index contributed by atoms with van der Waals surface area (Å²) in [5.41, 5.74) is 4.88. The minimum atomic E-state index is -0.474. The number of aryl methyl sites for hydroxylation is 3. The van der Waals surface area contributed by atoms with E-state index in [1.54, 1.807) is 12.1 Å². The standard InChI is InChI=1S/C16H15BrClF/c1-9-6-10(2)15(11(3)7-9)16(18)13-8-12(17)4-5-14(13)19/h4-8,16H,1-3H3. The van der Waals surface area contributed by atoms with E-state index < -0.39 is 5.38 Å². The Labute approximate surface area is 126 Å². The topological polar surface area (TPSA) is 0 Å². The summed E-state index contributed by atoms with van der Waals surface area (Å²) in [6, 6.07) is 9.01. The molecule has 2 rings (SSSR count). The molecule has 100 valence electrons. The lowest BCUT2D eigenvalue weighted by atomic mass is 9.93. The van der Waals surface area contributed by atoms with E-state index in [-0.39, 0.29) is 5.82 Å². The minimum Gasteiger partial charge on any atom is -0.207 e. The first kappa shape index (κ1) is 14.5. The average molecular weight is 342 g/mol. The molecular weight excluding hydrogens is 327 g/mol. The molecule has 1 unspecified atom stereocenters. The molecule has 0 aliphatic rings. The molecule has 3 heteroatoms. The fourth-order valence-electron chi connectivity index (χ4n) is 2.46. The Bertz CT molecular complexity index is 599. The third-order valence-electron chi connectivity index (χ3n) is 3.22. The van der Waals surface area contributed by atoms with Crippen molar-refractivity contribution in [3.63, 3.8) is 0 Å². The third kappa shape index (κ3) is 3.01. The van der Waals surface area contributed by atoms with Crippen molar-refractivity contribution in [3.8, 4) is 0 Å². The van der Waals surface area contributed by atoms with Gasteiger partial charge in [0, 0.05) is 10.0 Å². The van der Waals surface area contributed by atoms with E-state index in [0.717, 1.165) is 21.2 Å². The second kappa shape index (κ2) is 5.64. The molecule has 0 saturated carbocycles. The van der Waals surface area contributed by atoms with Crippen molar-refractivity contribution in [2.75, 3.05) is 0 Å². The van der Waals surface area contributed by atoms with E-state index in [9.17, 15) is 4.39 Å². The zero-order chi connectivity index (χ0) is 14.2. The highest BCUT2D eigenvalue weighted by atomic mass is 79.9. The maximum atomic E-state index is 13.9. The van der Waals surface area contributed by atoms with Gasteiger partial charge >= 0.3 is 0 Å². The van der Waals surface area contributed by atoms with E-state index >= 15 is 0 Å². The number of alkyl halides is 1. The monoisotopic (exact) mass is 340 g/mol. The van der Waals surface area contributed by atoms with Crippen LogP contribution < -0.4 is 0 Å². The van der Waals surface area contributed by atoms with Gasteiger partial charge in [0.15, 0.2) is 0 Å². The van der Waals surface area contributed by atoms with Gasteiger partial charge in [-0.3, -0.25) is 0 Å². The summed E-state index contributed by atoms with van der Waals surface area (Å²) < 4.78 is 14.8. The first-order chi connectivity index (χ1) is 8.90. The van der Waals surface area contributed by atoms with Crippen molar-refractivity contribution in [2.24, 2.45) is 0 Å². The largest absolute Gasteiger partial charge is 0.207 e. The number of hydrogen-bond acceptors (Lipinski definition) is 0. The van der Waals surface area contributed by atoms with E-state index in [4.69, 9.17) is 11.6 Å². The molecule has 0 aromatic heterocycles. The molecule has 0 amide bonds. The fourth-order valence-corrected chi connectivity index (χ4v) is 3.35. The van der Waals surface area contributed by atoms with Crippen molar-refractivity contribution in [1.29, 1.82) is 0 Å². The van der Waals surface area contributed by atoms with Gasteiger partial charge in [0.05, 0.1) is 5.38 Å². The Balaban J connectivity index is 2.56. The van der Waals surface area contributed by atoms with Crippen LogP contribution in [0.15, 0.2) is 34.8 Å². The van der Waals surface area contributed by atoms with Crippen LogP contribution in [0.4, 0.5) is 4.39 Å². The number of benzene rings is 2. The van der Waals surface area contributed by atoms with Crippen LogP contribution in [0.5, 0.6) is 0 Å². The lowest BCUT2D eigenvalue weighted by Gasteiger charge is -2.18. The molecule has 0 saturated heterocycles. The molecule has 0 aliphatic heterocycles. The molecule has 0 nitrogen and oxygen atoms in total. The Morgan fingerprint density at radius 2 is 1.63 bits per heavy atom. The molecular formula is C16H15BrClF. The molecule has 1 atom stereocenters. The van der Waals surface area contributed by atoms with Gasteiger partial charge < -0.3 is 0 Å². The maximum Gasteiger partial charge on any atom is 0.128 e. The van der Waals surface area contributed by atoms with Gasteiger partial charge in [-0.15, -0.1) is 11.6 Å². The molecule has 0 heterocycles. The lowest BCUT2D eigenvalue weighted by Crippen LogP contribution is -2.02. The Morgan fingerprint density at radius 3 is 2.21 bits per heavy atom. The SMILES string of the molecule is Cc1cc(C)c(C(Cl)c2cc(Br)ccc2F)c(C)c1. The minimum absolute atomic E-state index is 0.275. The highest BCUT2D eigenvalue weighted by molar-refractivity contribution is 9.10. The smallest absolute Gasteiger partial charge is 0.128 e. The van der Waals surface area contributed by atoms with Crippen LogP contribution in [0, 0.1) is 26.6 Å². The highest BCUT2D eigenvalue weighted by Gasteiger charge is 2.19. The van der Waals surface area contributed by atoms with E-state index in [1.165, 1.54) is 11.6 Å². The summed E-state index contributed by atoms with van der Waals surface area (Å²) in [6.07, 6.45) is 0. The normalized spacial score (nSPS) is 12.5. The predicted octanol–water partition coefficient (Wildman–Crippen LogP) is 5.84. The third-order valence-corrected chi connectivity index (χ3v) is 4.17. The van der Waals surface area contributed by atoms with Gasteiger partial charge in [0.2, 0.25) is 0 Å². The van der Waals surface area contributed by atoms with Crippen molar-refractivity contribution in [1.82, 2.24) is 0 Å². The number of hydrogen-bond donors (Lipinski definition) is 0. The van der Waals surface area contributed by atoms with Crippen molar-refractivity contribution < 1.29 is 4.39 Å². The summed E-state index contributed by atoms with van der Waals surface area (Å²) in [6.45, 7) is 6.08. The molecule has 0 bridgehead atoms. The van der Waals surface area contributed by atoms with Crippen LogP contribution >= 0.6 is 27.5 Å². The Kier molecular flexibility index (Phi) is 4.32. The summed E-state index contributed by atoms with van der Waals surface area (Å²) in [5.74, 6) is -0.275. The first-order valence-corrected chi connectivity index (χ1v) is 7.30. The zero-order valence-electron chi connectivity index (χ0n) is 11.1. The van der Waals surface area contributed by atoms with Crippen molar-refractivity contribution in [3.05, 3.63) is 68.4 Å². The van der Waals surface area contributed by atoms with Gasteiger partial charge in [0.25, 0.3) is 0 Å².